The van der Waals surface area contributed by atoms with E-state index in [0.29, 0.717) is 53.5 Å². The van der Waals surface area contributed by atoms with E-state index in [-0.39, 0.29) is 31.6 Å². The lowest BCUT2D eigenvalue weighted by molar-refractivity contribution is -0.137. The highest BCUT2D eigenvalue weighted by Crippen LogP contribution is 2.38. The molecule has 0 saturated heterocycles. The fourth-order valence-electron chi connectivity index (χ4n) is 5.56. The lowest BCUT2D eigenvalue weighted by Gasteiger charge is -2.39. The molecule has 1 unspecified atom stereocenters. The van der Waals surface area contributed by atoms with E-state index in [1.807, 2.05) is 0 Å². The van der Waals surface area contributed by atoms with Gasteiger partial charge < -0.3 is 29.6 Å². The van der Waals surface area contributed by atoms with Crippen molar-refractivity contribution < 1.29 is 32.2 Å². The van der Waals surface area contributed by atoms with Crippen molar-refractivity contribution >= 4 is 36.7 Å². The molecule has 0 spiro atoms. The van der Waals surface area contributed by atoms with E-state index in [2.05, 4.69) is 24.6 Å². The summed E-state index contributed by atoms with van der Waals surface area (Å²) in [6.45, 7) is 9.62. The zero-order valence-electron chi connectivity index (χ0n) is 24.5. The maximum Gasteiger partial charge on any atom is 0.416 e. The third-order valence-electron chi connectivity index (χ3n) is 8.02. The van der Waals surface area contributed by atoms with E-state index in [4.69, 9.17) is 15.2 Å². The second-order valence-corrected chi connectivity index (χ2v) is 17.9. The number of amides is 2. The maximum absolute atomic E-state index is 14.2. The van der Waals surface area contributed by atoms with Crippen LogP contribution >= 0.6 is 0 Å². The Morgan fingerprint density at radius 3 is 2.57 bits per heavy atom. The fourth-order valence-corrected chi connectivity index (χ4v) is 6.32. The van der Waals surface area contributed by atoms with Crippen molar-refractivity contribution in [2.75, 3.05) is 25.9 Å². The van der Waals surface area contributed by atoms with Crippen molar-refractivity contribution in [2.45, 2.75) is 71.3 Å². The Balaban J connectivity index is 1.54. The first-order chi connectivity index (χ1) is 19.7. The number of halogens is 3. The summed E-state index contributed by atoms with van der Waals surface area (Å²) in [7, 11) is 0.239. The van der Waals surface area contributed by atoms with Gasteiger partial charge in [-0.2, -0.15) is 13.2 Å². The first-order valence-corrected chi connectivity index (χ1v) is 17.5. The van der Waals surface area contributed by atoms with Gasteiger partial charge in [0.2, 0.25) is 5.91 Å². The van der Waals surface area contributed by atoms with Gasteiger partial charge in [0.1, 0.15) is 18.2 Å². The molecule has 5 rings (SSSR count). The quantitative estimate of drug-likeness (QED) is 0.296. The lowest BCUT2D eigenvalue weighted by atomic mass is 9.92. The molecule has 1 atom stereocenters. The Bertz CT molecular complexity index is 1550. The van der Waals surface area contributed by atoms with Crippen molar-refractivity contribution in [1.29, 1.82) is 0 Å². The lowest BCUT2D eigenvalue weighted by Crippen LogP contribution is -2.45. The van der Waals surface area contributed by atoms with Gasteiger partial charge in [0.25, 0.3) is 5.91 Å². The number of benzene rings is 1. The van der Waals surface area contributed by atoms with Crippen LogP contribution in [0.15, 0.2) is 24.3 Å². The molecule has 4 heterocycles. The summed E-state index contributed by atoms with van der Waals surface area (Å²) < 4.78 is 54.0. The van der Waals surface area contributed by atoms with Crippen LogP contribution in [-0.2, 0) is 46.9 Å². The van der Waals surface area contributed by atoms with Gasteiger partial charge in [-0.05, 0) is 35.4 Å². The van der Waals surface area contributed by atoms with Crippen LogP contribution in [0.3, 0.4) is 0 Å². The molecule has 0 bridgehead atoms. The summed E-state index contributed by atoms with van der Waals surface area (Å²) >= 11 is 0. The summed E-state index contributed by atoms with van der Waals surface area (Å²) in [6, 6.07) is 5.44. The van der Waals surface area contributed by atoms with Crippen molar-refractivity contribution in [2.24, 2.45) is 0 Å². The van der Waals surface area contributed by atoms with Crippen molar-refractivity contribution in [3.63, 3.8) is 0 Å². The number of alkyl halides is 3. The molecule has 2 N–H and O–H groups in total. The summed E-state index contributed by atoms with van der Waals surface area (Å²) in [5.74, 6) is -0.323. The Morgan fingerprint density at radius 2 is 1.90 bits per heavy atom. The zero-order valence-corrected chi connectivity index (χ0v) is 25.5. The average Bonchev–Trinajstić information content (AvgIpc) is 3.53. The largest absolute Gasteiger partial charge is 0.416 e. The standard InChI is InChI=1S/C29H36F3N5O4Si/c1-17(38)36-12-18-10-19(29(30,31)32)6-7-20(18)25(13-36)35(2)28(39)24-11-23-26(21-14-41-15-22(21)27(33)34-23)37(24)16-40-8-9-42(3,4)5/h6-7,10-11,25H,8-9,12-16H2,1-5H3,(H2,33,34). The van der Waals surface area contributed by atoms with Crippen molar-refractivity contribution in [1.82, 2.24) is 19.4 Å². The van der Waals surface area contributed by atoms with Crippen LogP contribution in [0, 0.1) is 0 Å². The van der Waals surface area contributed by atoms with Gasteiger partial charge in [0.05, 0.1) is 35.9 Å². The van der Waals surface area contributed by atoms with Crippen molar-refractivity contribution in [3.8, 4) is 0 Å². The van der Waals surface area contributed by atoms with Crippen molar-refractivity contribution in [3.05, 3.63) is 57.8 Å². The molecule has 9 nitrogen and oxygen atoms in total. The number of rotatable bonds is 7. The number of anilines is 1. The number of ether oxygens (including phenoxy) is 2. The number of pyridine rings is 1. The van der Waals surface area contributed by atoms with E-state index in [1.165, 1.54) is 22.8 Å². The topological polar surface area (TPSA) is 103 Å². The number of likely N-dealkylation sites (N-methyl/N-ethyl adjacent to an activating group) is 1. The first kappa shape index (κ1) is 30.0. The molecule has 0 aliphatic carbocycles. The molecule has 42 heavy (non-hydrogen) atoms. The fraction of sp³-hybridized carbons (Fsp3) is 0.483. The third-order valence-corrected chi connectivity index (χ3v) is 9.73. The van der Waals surface area contributed by atoms with E-state index < -0.39 is 25.9 Å². The SMILES string of the molecule is CC(=O)N1Cc2cc(C(F)(F)F)ccc2C(N(C)C(=O)c2cc3nc(N)c4c(c3n2COCC[Si](C)(C)C)COC4)C1. The van der Waals surface area contributed by atoms with E-state index >= 15 is 0 Å². The van der Waals surface area contributed by atoms with Crippen LogP contribution in [0.25, 0.3) is 11.0 Å². The Kier molecular flexibility index (Phi) is 7.88. The summed E-state index contributed by atoms with van der Waals surface area (Å²) in [4.78, 5) is 34.1. The zero-order chi connectivity index (χ0) is 30.6. The Labute approximate surface area is 243 Å². The molecular formula is C29H36F3N5O4Si. The molecule has 1 aromatic carbocycles. The number of hydrogen-bond donors (Lipinski definition) is 1. The monoisotopic (exact) mass is 603 g/mol. The number of hydrogen-bond acceptors (Lipinski definition) is 6. The number of nitrogens with zero attached hydrogens (tertiary/aromatic N) is 4. The minimum absolute atomic E-state index is 0.0354. The third kappa shape index (κ3) is 5.77. The average molecular weight is 604 g/mol. The van der Waals surface area contributed by atoms with Gasteiger partial charge in [-0.3, -0.25) is 9.59 Å². The van der Waals surface area contributed by atoms with Gasteiger partial charge >= 0.3 is 6.18 Å². The molecule has 0 radical (unpaired) electrons. The summed E-state index contributed by atoms with van der Waals surface area (Å²) in [5.41, 5.74) is 9.55. The highest BCUT2D eigenvalue weighted by molar-refractivity contribution is 6.76. The Hall–Kier alpha value is -3.42. The molecule has 13 heteroatoms. The predicted molar refractivity (Wildman–Crippen MR) is 154 cm³/mol. The molecule has 3 aromatic rings. The van der Waals surface area contributed by atoms with Crippen LogP contribution in [-0.4, -0.2) is 59.4 Å². The van der Waals surface area contributed by atoms with Crippen LogP contribution in [0.4, 0.5) is 19.0 Å². The number of nitrogen functional groups attached to an aromatic ring is 1. The number of fused-ring (bicyclic) bond motifs is 4. The molecule has 2 aromatic heterocycles. The highest BCUT2D eigenvalue weighted by atomic mass is 28.3. The van der Waals surface area contributed by atoms with E-state index in [1.54, 1.807) is 17.7 Å². The maximum atomic E-state index is 14.2. The smallest absolute Gasteiger partial charge is 0.383 e. The summed E-state index contributed by atoms with van der Waals surface area (Å²) in [6.07, 6.45) is -4.53. The summed E-state index contributed by atoms with van der Waals surface area (Å²) in [5, 5.41) is 0. The van der Waals surface area contributed by atoms with Gasteiger partial charge in [-0.1, -0.05) is 25.7 Å². The number of nitrogens with two attached hydrogens (primary N) is 1. The number of aromatic nitrogens is 2. The van der Waals surface area contributed by atoms with Crippen LogP contribution < -0.4 is 5.73 Å². The first-order valence-electron chi connectivity index (χ1n) is 13.8. The van der Waals surface area contributed by atoms with Crippen LogP contribution in [0.5, 0.6) is 0 Å². The molecule has 0 saturated carbocycles. The normalized spacial score (nSPS) is 17.0. The molecule has 226 valence electrons. The number of carbonyl (C=O) groups is 2. The van der Waals surface area contributed by atoms with Crippen LogP contribution in [0.2, 0.25) is 25.7 Å². The van der Waals surface area contributed by atoms with E-state index in [9.17, 15) is 22.8 Å². The second kappa shape index (κ2) is 11.0. The minimum Gasteiger partial charge on any atom is -0.383 e. The van der Waals surface area contributed by atoms with E-state index in [0.717, 1.165) is 29.3 Å². The molecule has 0 fully saturated rings. The molecule has 2 amide bonds. The highest BCUT2D eigenvalue weighted by Gasteiger charge is 2.37. The molecular weight excluding hydrogens is 567 g/mol. The number of carbonyl (C=O) groups excluding carboxylic acids is 2. The van der Waals surface area contributed by atoms with Gasteiger partial charge in [0.15, 0.2) is 0 Å². The molecule has 2 aliphatic heterocycles. The minimum atomic E-state index is -4.53. The molecule has 2 aliphatic rings. The second-order valence-electron chi connectivity index (χ2n) is 12.2. The van der Waals surface area contributed by atoms with Gasteiger partial charge in [0, 0.05) is 52.9 Å². The predicted octanol–water partition coefficient (Wildman–Crippen LogP) is 5.16. The Morgan fingerprint density at radius 1 is 1.19 bits per heavy atom. The van der Waals surface area contributed by atoms with Gasteiger partial charge in [-0.25, -0.2) is 4.98 Å². The van der Waals surface area contributed by atoms with Gasteiger partial charge in [-0.15, -0.1) is 0 Å². The van der Waals surface area contributed by atoms with Crippen LogP contribution in [0.1, 0.15) is 51.3 Å².